The van der Waals surface area contributed by atoms with Crippen LogP contribution in [-0.4, -0.2) is 32.6 Å². The van der Waals surface area contributed by atoms with E-state index >= 15 is 0 Å². The van der Waals surface area contributed by atoms with Crippen molar-refractivity contribution in [2.24, 2.45) is 0 Å². The second-order valence-electron chi connectivity index (χ2n) is 4.89. The number of carbonyl (C=O) groups is 1. The molecule has 1 aromatic carbocycles. The lowest BCUT2D eigenvalue weighted by atomic mass is 10.2. The van der Waals surface area contributed by atoms with Crippen molar-refractivity contribution in [1.82, 2.24) is 25.5 Å². The highest BCUT2D eigenvalue weighted by molar-refractivity contribution is 5.90. The minimum absolute atomic E-state index is 0.108. The Hall–Kier alpha value is -2.96. The molecule has 0 fully saturated rings. The summed E-state index contributed by atoms with van der Waals surface area (Å²) in [5, 5.41) is 13.5. The van der Waals surface area contributed by atoms with Gasteiger partial charge in [-0.1, -0.05) is 12.1 Å². The highest BCUT2D eigenvalue weighted by Gasteiger charge is 2.07. The number of fused-ring (bicyclic) bond motifs is 1. The molecule has 0 bridgehead atoms. The molecule has 3 rings (SSSR count). The molecule has 0 saturated heterocycles. The SMILES string of the molecule is Cc1[nH]ncc1CNC(=O)CNc1ncnc2ccccc12. The predicted molar refractivity (Wildman–Crippen MR) is 83.2 cm³/mol. The van der Waals surface area contributed by atoms with Crippen LogP contribution >= 0.6 is 0 Å². The van der Waals surface area contributed by atoms with E-state index in [1.54, 1.807) is 6.20 Å². The molecule has 0 aliphatic rings. The first-order chi connectivity index (χ1) is 10.7. The number of aromatic nitrogens is 4. The van der Waals surface area contributed by atoms with Gasteiger partial charge < -0.3 is 10.6 Å². The Bertz CT molecular complexity index is 792. The van der Waals surface area contributed by atoms with E-state index in [2.05, 4.69) is 30.8 Å². The van der Waals surface area contributed by atoms with Gasteiger partial charge in [0.2, 0.25) is 5.91 Å². The van der Waals surface area contributed by atoms with Gasteiger partial charge in [0.05, 0.1) is 18.3 Å². The van der Waals surface area contributed by atoms with Crippen LogP contribution in [0.2, 0.25) is 0 Å². The molecule has 0 saturated carbocycles. The Balaban J connectivity index is 1.59. The summed E-state index contributed by atoms with van der Waals surface area (Å²) >= 11 is 0. The van der Waals surface area contributed by atoms with Crippen molar-refractivity contribution in [2.75, 3.05) is 11.9 Å². The Morgan fingerprint density at radius 3 is 2.95 bits per heavy atom. The van der Waals surface area contributed by atoms with Gasteiger partial charge in [-0.05, 0) is 19.1 Å². The van der Waals surface area contributed by atoms with Gasteiger partial charge in [0, 0.05) is 23.2 Å². The van der Waals surface area contributed by atoms with E-state index in [1.807, 2.05) is 31.2 Å². The van der Waals surface area contributed by atoms with Crippen LogP contribution in [0.3, 0.4) is 0 Å². The van der Waals surface area contributed by atoms with Gasteiger partial charge in [-0.25, -0.2) is 9.97 Å². The van der Waals surface area contributed by atoms with E-state index in [0.717, 1.165) is 22.2 Å². The number of nitrogens with one attached hydrogen (secondary N) is 3. The molecule has 22 heavy (non-hydrogen) atoms. The normalized spacial score (nSPS) is 10.6. The van der Waals surface area contributed by atoms with Crippen LogP contribution in [0.5, 0.6) is 0 Å². The van der Waals surface area contributed by atoms with Crippen molar-refractivity contribution in [3.05, 3.63) is 48.0 Å². The lowest BCUT2D eigenvalue weighted by Gasteiger charge is -2.08. The summed E-state index contributed by atoms with van der Waals surface area (Å²) in [5.74, 6) is 0.545. The first kappa shape index (κ1) is 14.0. The fraction of sp³-hybridized carbons (Fsp3) is 0.200. The topological polar surface area (TPSA) is 95.6 Å². The van der Waals surface area contributed by atoms with Gasteiger partial charge in [0.1, 0.15) is 12.1 Å². The number of nitrogens with zero attached hydrogens (tertiary/aromatic N) is 3. The molecule has 2 heterocycles. The molecular weight excluding hydrogens is 280 g/mol. The first-order valence-corrected chi connectivity index (χ1v) is 6.93. The van der Waals surface area contributed by atoms with Gasteiger partial charge in [0.15, 0.2) is 0 Å². The van der Waals surface area contributed by atoms with Crippen LogP contribution in [0.4, 0.5) is 5.82 Å². The summed E-state index contributed by atoms with van der Waals surface area (Å²) in [5.41, 5.74) is 2.77. The second-order valence-corrected chi connectivity index (χ2v) is 4.89. The van der Waals surface area contributed by atoms with E-state index in [1.165, 1.54) is 6.33 Å². The molecule has 0 spiro atoms. The highest BCUT2D eigenvalue weighted by Crippen LogP contribution is 2.17. The number of anilines is 1. The third-order valence-electron chi connectivity index (χ3n) is 3.37. The maximum absolute atomic E-state index is 11.9. The number of carbonyl (C=O) groups excluding carboxylic acids is 1. The van der Waals surface area contributed by atoms with Gasteiger partial charge in [-0.2, -0.15) is 5.10 Å². The molecule has 3 N–H and O–H groups in total. The maximum atomic E-state index is 11.9. The van der Waals surface area contributed by atoms with Gasteiger partial charge >= 0.3 is 0 Å². The Labute approximate surface area is 127 Å². The highest BCUT2D eigenvalue weighted by atomic mass is 16.1. The minimum Gasteiger partial charge on any atom is -0.360 e. The third kappa shape index (κ3) is 3.03. The van der Waals surface area contributed by atoms with Crippen molar-refractivity contribution in [1.29, 1.82) is 0 Å². The van der Waals surface area contributed by atoms with Crippen LogP contribution in [0.15, 0.2) is 36.8 Å². The smallest absolute Gasteiger partial charge is 0.239 e. The summed E-state index contributed by atoms with van der Waals surface area (Å²) in [7, 11) is 0. The molecule has 7 heteroatoms. The van der Waals surface area contributed by atoms with E-state index in [-0.39, 0.29) is 12.5 Å². The van der Waals surface area contributed by atoms with Crippen molar-refractivity contribution < 1.29 is 4.79 Å². The monoisotopic (exact) mass is 296 g/mol. The van der Waals surface area contributed by atoms with Crippen LogP contribution in [0.1, 0.15) is 11.3 Å². The average molecular weight is 296 g/mol. The van der Waals surface area contributed by atoms with Crippen LogP contribution in [-0.2, 0) is 11.3 Å². The van der Waals surface area contributed by atoms with Crippen molar-refractivity contribution >= 4 is 22.6 Å². The standard InChI is InChI=1S/C15H16N6O/c1-10-11(7-20-21-10)6-16-14(22)8-17-15-12-4-2-3-5-13(12)18-9-19-15/h2-5,7,9H,6,8H2,1H3,(H,16,22)(H,20,21)(H,17,18,19). The van der Waals surface area contributed by atoms with E-state index in [4.69, 9.17) is 0 Å². The van der Waals surface area contributed by atoms with Crippen LogP contribution in [0.25, 0.3) is 10.9 Å². The Morgan fingerprint density at radius 2 is 2.14 bits per heavy atom. The molecule has 0 radical (unpaired) electrons. The largest absolute Gasteiger partial charge is 0.360 e. The van der Waals surface area contributed by atoms with Crippen molar-refractivity contribution in [3.63, 3.8) is 0 Å². The second kappa shape index (κ2) is 6.21. The zero-order valence-corrected chi connectivity index (χ0v) is 12.1. The lowest BCUT2D eigenvalue weighted by Crippen LogP contribution is -2.29. The molecule has 1 amide bonds. The van der Waals surface area contributed by atoms with E-state index in [0.29, 0.717) is 12.4 Å². The molecule has 7 nitrogen and oxygen atoms in total. The molecular formula is C15H16N6O. The molecule has 0 aliphatic carbocycles. The average Bonchev–Trinajstić information content (AvgIpc) is 2.96. The van der Waals surface area contributed by atoms with E-state index < -0.39 is 0 Å². The Morgan fingerprint density at radius 1 is 1.27 bits per heavy atom. The van der Waals surface area contributed by atoms with Gasteiger partial charge in [0.25, 0.3) is 0 Å². The zero-order valence-electron chi connectivity index (χ0n) is 12.1. The number of H-pyrrole nitrogens is 1. The predicted octanol–water partition coefficient (Wildman–Crippen LogP) is 1.39. The quantitative estimate of drug-likeness (QED) is 0.661. The number of aryl methyl sites for hydroxylation is 1. The fourth-order valence-electron chi connectivity index (χ4n) is 2.12. The van der Waals surface area contributed by atoms with Crippen molar-refractivity contribution in [3.8, 4) is 0 Å². The molecule has 0 aliphatic heterocycles. The number of benzene rings is 1. The number of hydrogen-bond donors (Lipinski definition) is 3. The summed E-state index contributed by atoms with van der Waals surface area (Å²) < 4.78 is 0. The number of amides is 1. The first-order valence-electron chi connectivity index (χ1n) is 6.93. The molecule has 2 aromatic heterocycles. The number of rotatable bonds is 5. The van der Waals surface area contributed by atoms with Crippen LogP contribution < -0.4 is 10.6 Å². The zero-order chi connectivity index (χ0) is 15.4. The Kier molecular flexibility index (Phi) is 3.95. The van der Waals surface area contributed by atoms with Crippen LogP contribution in [0, 0.1) is 6.92 Å². The summed E-state index contributed by atoms with van der Waals surface area (Å²) in [4.78, 5) is 20.3. The van der Waals surface area contributed by atoms with E-state index in [9.17, 15) is 4.79 Å². The third-order valence-corrected chi connectivity index (χ3v) is 3.37. The molecule has 0 unspecified atom stereocenters. The summed E-state index contributed by atoms with van der Waals surface area (Å²) in [6.45, 7) is 2.52. The lowest BCUT2D eigenvalue weighted by molar-refractivity contribution is -0.119. The number of hydrogen-bond acceptors (Lipinski definition) is 5. The molecule has 0 atom stereocenters. The summed E-state index contributed by atoms with van der Waals surface area (Å²) in [6.07, 6.45) is 3.19. The fourth-order valence-corrected chi connectivity index (χ4v) is 2.12. The number of aromatic amines is 1. The number of para-hydroxylation sites is 1. The van der Waals surface area contributed by atoms with Crippen molar-refractivity contribution in [2.45, 2.75) is 13.5 Å². The maximum Gasteiger partial charge on any atom is 0.239 e. The van der Waals surface area contributed by atoms with Gasteiger partial charge in [-0.3, -0.25) is 9.89 Å². The van der Waals surface area contributed by atoms with Gasteiger partial charge in [-0.15, -0.1) is 0 Å². The summed E-state index contributed by atoms with van der Waals surface area (Å²) in [6, 6.07) is 7.66. The minimum atomic E-state index is -0.108. The molecule has 112 valence electrons. The molecule has 3 aromatic rings.